The highest BCUT2D eigenvalue weighted by molar-refractivity contribution is 5.49. The van der Waals surface area contributed by atoms with Crippen LogP contribution in [0.25, 0.3) is 0 Å². The summed E-state index contributed by atoms with van der Waals surface area (Å²) in [7, 11) is 0. The minimum atomic E-state index is 0.205. The third kappa shape index (κ3) is 3.10. The lowest BCUT2D eigenvalue weighted by Crippen LogP contribution is -2.33. The van der Waals surface area contributed by atoms with Crippen molar-refractivity contribution in [3.8, 4) is 6.07 Å². The Balaban J connectivity index is 2.03. The van der Waals surface area contributed by atoms with Crippen LogP contribution in [0.5, 0.6) is 0 Å². The zero-order chi connectivity index (χ0) is 13.0. The highest BCUT2D eigenvalue weighted by Crippen LogP contribution is 2.22. The van der Waals surface area contributed by atoms with Gasteiger partial charge in [-0.25, -0.2) is 9.97 Å². The van der Waals surface area contributed by atoms with E-state index < -0.39 is 0 Å². The van der Waals surface area contributed by atoms with E-state index in [2.05, 4.69) is 40.1 Å². The molecule has 0 aromatic carbocycles. The van der Waals surface area contributed by atoms with Crippen molar-refractivity contribution in [2.24, 2.45) is 5.92 Å². The second-order valence-corrected chi connectivity index (χ2v) is 4.95. The van der Waals surface area contributed by atoms with E-state index in [1.165, 1.54) is 0 Å². The molecule has 0 unspecified atom stereocenters. The number of hydrogen-bond donors (Lipinski definition) is 1. The Morgan fingerprint density at radius 2 is 2.11 bits per heavy atom. The van der Waals surface area contributed by atoms with Gasteiger partial charge in [-0.15, -0.1) is 0 Å². The molecular weight excluding hydrogens is 226 g/mol. The van der Waals surface area contributed by atoms with E-state index >= 15 is 0 Å². The van der Waals surface area contributed by atoms with Gasteiger partial charge in [-0.3, -0.25) is 0 Å². The summed E-state index contributed by atoms with van der Waals surface area (Å²) in [5.74, 6) is 2.01. The first-order chi connectivity index (χ1) is 8.69. The molecule has 1 aliphatic rings. The molecule has 0 bridgehead atoms. The van der Waals surface area contributed by atoms with Gasteiger partial charge in [0.1, 0.15) is 18.0 Å². The predicted molar refractivity (Wildman–Crippen MR) is 71.3 cm³/mol. The fourth-order valence-corrected chi connectivity index (χ4v) is 2.13. The maximum Gasteiger partial charge on any atom is 0.134 e. The average Bonchev–Trinajstić information content (AvgIpc) is 2.38. The molecular formula is C13H19N5. The molecule has 96 valence electrons. The van der Waals surface area contributed by atoms with Crippen LogP contribution in [-0.4, -0.2) is 29.1 Å². The Bertz CT molecular complexity index is 429. The van der Waals surface area contributed by atoms with E-state index in [1.54, 1.807) is 6.33 Å². The van der Waals surface area contributed by atoms with Gasteiger partial charge < -0.3 is 10.2 Å². The molecule has 0 atom stereocenters. The zero-order valence-electron chi connectivity index (χ0n) is 10.9. The predicted octanol–water partition coefficient (Wildman–Crippen LogP) is 2.04. The van der Waals surface area contributed by atoms with E-state index in [-0.39, 0.29) is 5.92 Å². The van der Waals surface area contributed by atoms with Gasteiger partial charge in [-0.05, 0) is 26.7 Å². The highest BCUT2D eigenvalue weighted by atomic mass is 15.2. The molecule has 0 saturated carbocycles. The molecule has 1 saturated heterocycles. The van der Waals surface area contributed by atoms with Gasteiger partial charge >= 0.3 is 0 Å². The third-order valence-corrected chi connectivity index (χ3v) is 3.09. The minimum absolute atomic E-state index is 0.205. The summed E-state index contributed by atoms with van der Waals surface area (Å²) in [6.45, 7) is 5.97. The first-order valence-electron chi connectivity index (χ1n) is 6.42. The standard InChI is InChI=1S/C13H19N5/c1-10(2)17-12-7-13(16-9-15-12)18-5-3-11(8-14)4-6-18/h7,9-11H,3-6H2,1-2H3,(H,15,16,17). The Morgan fingerprint density at radius 3 is 2.72 bits per heavy atom. The van der Waals surface area contributed by atoms with Crippen LogP contribution in [0.15, 0.2) is 12.4 Å². The maximum atomic E-state index is 8.89. The summed E-state index contributed by atoms with van der Waals surface area (Å²) in [5.41, 5.74) is 0. The number of anilines is 2. The molecule has 5 heteroatoms. The number of nitrogens with one attached hydrogen (secondary N) is 1. The average molecular weight is 245 g/mol. The van der Waals surface area contributed by atoms with Gasteiger partial charge in [0.25, 0.3) is 0 Å². The Kier molecular flexibility index (Phi) is 3.98. The summed E-state index contributed by atoms with van der Waals surface area (Å²) < 4.78 is 0. The molecule has 0 spiro atoms. The fourth-order valence-electron chi connectivity index (χ4n) is 2.13. The van der Waals surface area contributed by atoms with Crippen LogP contribution in [0.2, 0.25) is 0 Å². The SMILES string of the molecule is CC(C)Nc1cc(N2CCC(C#N)CC2)ncn1. The van der Waals surface area contributed by atoms with Gasteiger partial charge in [0.15, 0.2) is 0 Å². The van der Waals surface area contributed by atoms with Crippen molar-refractivity contribution in [2.75, 3.05) is 23.3 Å². The molecule has 1 aromatic heterocycles. The minimum Gasteiger partial charge on any atom is -0.368 e. The zero-order valence-corrected chi connectivity index (χ0v) is 10.9. The number of piperidine rings is 1. The second kappa shape index (κ2) is 5.67. The maximum absolute atomic E-state index is 8.89. The molecule has 1 fully saturated rings. The van der Waals surface area contributed by atoms with Crippen LogP contribution < -0.4 is 10.2 Å². The molecule has 0 aliphatic carbocycles. The van der Waals surface area contributed by atoms with Crippen molar-refractivity contribution in [1.82, 2.24) is 9.97 Å². The van der Waals surface area contributed by atoms with E-state index in [4.69, 9.17) is 5.26 Å². The fraction of sp³-hybridized carbons (Fsp3) is 0.615. The molecule has 18 heavy (non-hydrogen) atoms. The van der Waals surface area contributed by atoms with Gasteiger partial charge in [-0.1, -0.05) is 0 Å². The number of rotatable bonds is 3. The lowest BCUT2D eigenvalue weighted by molar-refractivity contribution is 0.485. The second-order valence-electron chi connectivity index (χ2n) is 4.95. The summed E-state index contributed by atoms with van der Waals surface area (Å²) in [5, 5.41) is 12.2. The Morgan fingerprint density at radius 1 is 1.39 bits per heavy atom. The Hall–Kier alpha value is -1.83. The molecule has 1 aromatic rings. The summed E-state index contributed by atoms with van der Waals surface area (Å²) in [6, 6.07) is 4.68. The van der Waals surface area contributed by atoms with Gasteiger partial charge in [0.05, 0.1) is 6.07 Å². The van der Waals surface area contributed by atoms with Crippen LogP contribution in [0.4, 0.5) is 11.6 Å². The monoisotopic (exact) mass is 245 g/mol. The van der Waals surface area contributed by atoms with Crippen molar-refractivity contribution in [3.05, 3.63) is 12.4 Å². The number of aromatic nitrogens is 2. The number of hydrogen-bond acceptors (Lipinski definition) is 5. The first kappa shape index (κ1) is 12.6. The molecule has 1 aliphatic heterocycles. The molecule has 2 rings (SSSR count). The van der Waals surface area contributed by atoms with Crippen LogP contribution >= 0.6 is 0 Å². The van der Waals surface area contributed by atoms with Crippen LogP contribution in [0.1, 0.15) is 26.7 Å². The van der Waals surface area contributed by atoms with E-state index in [9.17, 15) is 0 Å². The van der Waals surface area contributed by atoms with Gasteiger partial charge in [0, 0.05) is 31.1 Å². The summed E-state index contributed by atoms with van der Waals surface area (Å²) >= 11 is 0. The Labute approximate surface area is 108 Å². The molecule has 0 amide bonds. The van der Waals surface area contributed by atoms with Crippen molar-refractivity contribution >= 4 is 11.6 Å². The lowest BCUT2D eigenvalue weighted by Gasteiger charge is -2.30. The normalized spacial score (nSPS) is 16.7. The molecule has 1 N–H and O–H groups in total. The van der Waals surface area contributed by atoms with Crippen molar-refractivity contribution in [1.29, 1.82) is 5.26 Å². The van der Waals surface area contributed by atoms with E-state index in [0.717, 1.165) is 37.6 Å². The van der Waals surface area contributed by atoms with E-state index in [0.29, 0.717) is 6.04 Å². The lowest BCUT2D eigenvalue weighted by atomic mass is 9.99. The molecule has 5 nitrogen and oxygen atoms in total. The number of nitriles is 1. The van der Waals surface area contributed by atoms with Crippen LogP contribution in [-0.2, 0) is 0 Å². The largest absolute Gasteiger partial charge is 0.368 e. The topological polar surface area (TPSA) is 64.8 Å². The quantitative estimate of drug-likeness (QED) is 0.882. The smallest absolute Gasteiger partial charge is 0.134 e. The summed E-state index contributed by atoms with van der Waals surface area (Å²) in [4.78, 5) is 10.7. The van der Waals surface area contributed by atoms with Gasteiger partial charge in [0.2, 0.25) is 0 Å². The van der Waals surface area contributed by atoms with Crippen molar-refractivity contribution in [2.45, 2.75) is 32.7 Å². The van der Waals surface area contributed by atoms with Gasteiger partial charge in [-0.2, -0.15) is 5.26 Å². The third-order valence-electron chi connectivity index (χ3n) is 3.09. The summed E-state index contributed by atoms with van der Waals surface area (Å²) in [6.07, 6.45) is 3.44. The van der Waals surface area contributed by atoms with Crippen LogP contribution in [0.3, 0.4) is 0 Å². The van der Waals surface area contributed by atoms with Crippen molar-refractivity contribution in [3.63, 3.8) is 0 Å². The van der Waals surface area contributed by atoms with Crippen molar-refractivity contribution < 1.29 is 0 Å². The van der Waals surface area contributed by atoms with E-state index in [1.807, 2.05) is 6.07 Å². The molecule has 2 heterocycles. The number of nitrogens with zero attached hydrogens (tertiary/aromatic N) is 4. The molecule has 0 radical (unpaired) electrons. The highest BCUT2D eigenvalue weighted by Gasteiger charge is 2.19. The first-order valence-corrected chi connectivity index (χ1v) is 6.42. The van der Waals surface area contributed by atoms with Crippen LogP contribution in [0, 0.1) is 17.2 Å².